The van der Waals surface area contributed by atoms with Gasteiger partial charge in [-0.05, 0) is 54.5 Å². The average molecular weight is 327 g/mol. The molecule has 5 heteroatoms. The van der Waals surface area contributed by atoms with Gasteiger partial charge >= 0.3 is 0 Å². The summed E-state index contributed by atoms with van der Waals surface area (Å²) in [7, 11) is 1.56. The van der Waals surface area contributed by atoms with Crippen LogP contribution in [0.2, 0.25) is 5.02 Å². The van der Waals surface area contributed by atoms with E-state index in [0.717, 1.165) is 5.56 Å². The lowest BCUT2D eigenvalue weighted by Crippen LogP contribution is -2.14. The number of nitriles is 1. The van der Waals surface area contributed by atoms with E-state index in [0.29, 0.717) is 22.0 Å². The number of ether oxygens (including phenoxy) is 1. The number of rotatable bonds is 4. The van der Waals surface area contributed by atoms with Gasteiger partial charge in [0.1, 0.15) is 17.4 Å². The molecule has 0 unspecified atom stereocenters. The van der Waals surface area contributed by atoms with Crippen LogP contribution in [0, 0.1) is 18.3 Å². The first-order chi connectivity index (χ1) is 11.0. The van der Waals surface area contributed by atoms with Crippen LogP contribution in [0.1, 0.15) is 11.1 Å². The van der Waals surface area contributed by atoms with Gasteiger partial charge in [-0.25, -0.2) is 0 Å². The third-order valence-corrected chi connectivity index (χ3v) is 3.44. The Morgan fingerprint density at radius 3 is 2.74 bits per heavy atom. The Morgan fingerprint density at radius 2 is 2.09 bits per heavy atom. The monoisotopic (exact) mass is 326 g/mol. The average Bonchev–Trinajstić information content (AvgIpc) is 2.55. The molecular weight excluding hydrogens is 312 g/mol. The number of aryl methyl sites for hydroxylation is 1. The second-order valence-electron chi connectivity index (χ2n) is 4.86. The molecule has 0 aromatic heterocycles. The van der Waals surface area contributed by atoms with Gasteiger partial charge in [-0.15, -0.1) is 0 Å². The van der Waals surface area contributed by atoms with Gasteiger partial charge in [-0.3, -0.25) is 4.79 Å². The maximum absolute atomic E-state index is 12.3. The van der Waals surface area contributed by atoms with Crippen molar-refractivity contribution in [2.75, 3.05) is 12.4 Å². The molecule has 0 heterocycles. The van der Waals surface area contributed by atoms with E-state index in [4.69, 9.17) is 16.3 Å². The Hall–Kier alpha value is -2.77. The number of hydrogen-bond donors (Lipinski definition) is 1. The molecule has 2 rings (SSSR count). The summed E-state index contributed by atoms with van der Waals surface area (Å²) < 4.78 is 5.13. The Kier molecular flexibility index (Phi) is 5.40. The summed E-state index contributed by atoms with van der Waals surface area (Å²) in [6.07, 6.45) is 1.52. The zero-order chi connectivity index (χ0) is 16.8. The van der Waals surface area contributed by atoms with E-state index in [1.54, 1.807) is 49.6 Å². The van der Waals surface area contributed by atoms with Gasteiger partial charge in [0.2, 0.25) is 0 Å². The fourth-order valence-corrected chi connectivity index (χ4v) is 2.23. The second kappa shape index (κ2) is 7.48. The minimum atomic E-state index is -0.472. The van der Waals surface area contributed by atoms with Gasteiger partial charge in [0.15, 0.2) is 0 Å². The van der Waals surface area contributed by atoms with E-state index in [1.165, 1.54) is 6.08 Å². The highest BCUT2D eigenvalue weighted by atomic mass is 35.5. The van der Waals surface area contributed by atoms with Crippen LogP contribution >= 0.6 is 11.6 Å². The molecule has 2 aromatic carbocycles. The van der Waals surface area contributed by atoms with Crippen LogP contribution in [0.4, 0.5) is 5.69 Å². The molecule has 0 atom stereocenters. The lowest BCUT2D eigenvalue weighted by molar-refractivity contribution is -0.112. The first-order valence-electron chi connectivity index (χ1n) is 6.87. The molecule has 0 aliphatic rings. The lowest BCUT2D eigenvalue weighted by atomic mass is 10.1. The molecule has 0 aliphatic heterocycles. The SMILES string of the molecule is COc1cccc(/C=C(\C#N)C(=O)Nc2ccc(Cl)cc2C)c1. The minimum absolute atomic E-state index is 0.00704. The number of carbonyl (C=O) groups is 1. The van der Waals surface area contributed by atoms with Crippen molar-refractivity contribution in [2.45, 2.75) is 6.92 Å². The standard InChI is InChI=1S/C18H15ClN2O2/c1-12-8-15(19)6-7-17(12)21-18(22)14(11-20)9-13-4-3-5-16(10-13)23-2/h3-10H,1-2H3,(H,21,22)/b14-9+. The van der Waals surface area contributed by atoms with Crippen LogP contribution in [0.5, 0.6) is 5.75 Å². The molecule has 4 nitrogen and oxygen atoms in total. The molecule has 0 radical (unpaired) electrons. The van der Waals surface area contributed by atoms with Crippen LogP contribution in [0.25, 0.3) is 6.08 Å². The first kappa shape index (κ1) is 16.6. The molecule has 0 spiro atoms. The Morgan fingerprint density at radius 1 is 1.30 bits per heavy atom. The van der Waals surface area contributed by atoms with Crippen LogP contribution in [-0.2, 0) is 4.79 Å². The van der Waals surface area contributed by atoms with Crippen molar-refractivity contribution in [1.29, 1.82) is 5.26 Å². The van der Waals surface area contributed by atoms with Crippen LogP contribution in [-0.4, -0.2) is 13.0 Å². The highest BCUT2D eigenvalue weighted by Gasteiger charge is 2.11. The van der Waals surface area contributed by atoms with Gasteiger partial charge in [0, 0.05) is 10.7 Å². The topological polar surface area (TPSA) is 62.1 Å². The zero-order valence-electron chi connectivity index (χ0n) is 12.8. The number of carbonyl (C=O) groups excluding carboxylic acids is 1. The van der Waals surface area contributed by atoms with Gasteiger partial charge < -0.3 is 10.1 Å². The summed E-state index contributed by atoms with van der Waals surface area (Å²) in [6.45, 7) is 1.83. The predicted octanol–water partition coefficient (Wildman–Crippen LogP) is 4.20. The minimum Gasteiger partial charge on any atom is -0.497 e. The van der Waals surface area contributed by atoms with E-state index in [9.17, 15) is 10.1 Å². The van der Waals surface area contributed by atoms with Crippen molar-refractivity contribution in [2.24, 2.45) is 0 Å². The largest absolute Gasteiger partial charge is 0.497 e. The number of nitrogens with one attached hydrogen (secondary N) is 1. The van der Waals surface area contributed by atoms with Gasteiger partial charge in [0.25, 0.3) is 5.91 Å². The lowest BCUT2D eigenvalue weighted by Gasteiger charge is -2.08. The summed E-state index contributed by atoms with van der Waals surface area (Å²) in [5.41, 5.74) is 2.16. The number of anilines is 1. The molecule has 1 amide bonds. The van der Waals surface area contributed by atoms with Crippen molar-refractivity contribution >= 4 is 29.3 Å². The van der Waals surface area contributed by atoms with Crippen molar-refractivity contribution in [3.05, 3.63) is 64.2 Å². The number of hydrogen-bond acceptors (Lipinski definition) is 3. The Bertz CT molecular complexity index is 807. The van der Waals surface area contributed by atoms with Crippen LogP contribution in [0.15, 0.2) is 48.0 Å². The molecule has 0 aliphatic carbocycles. The summed E-state index contributed by atoms with van der Waals surface area (Å²) in [5, 5.41) is 12.6. The van der Waals surface area contributed by atoms with Crippen molar-refractivity contribution in [1.82, 2.24) is 0 Å². The number of nitrogens with zero attached hydrogens (tertiary/aromatic N) is 1. The quantitative estimate of drug-likeness (QED) is 0.676. The summed E-state index contributed by atoms with van der Waals surface area (Å²) in [5.74, 6) is 0.186. The zero-order valence-corrected chi connectivity index (χ0v) is 13.5. The molecule has 23 heavy (non-hydrogen) atoms. The van der Waals surface area contributed by atoms with Gasteiger partial charge in [-0.1, -0.05) is 23.7 Å². The third kappa shape index (κ3) is 4.35. The number of halogens is 1. The molecule has 0 bridgehead atoms. The fraction of sp³-hybridized carbons (Fsp3) is 0.111. The van der Waals surface area contributed by atoms with E-state index in [-0.39, 0.29) is 5.57 Å². The van der Waals surface area contributed by atoms with E-state index in [2.05, 4.69) is 5.32 Å². The summed E-state index contributed by atoms with van der Waals surface area (Å²) in [6, 6.07) is 14.2. The van der Waals surface area contributed by atoms with Crippen molar-refractivity contribution in [3.8, 4) is 11.8 Å². The first-order valence-corrected chi connectivity index (χ1v) is 7.24. The predicted molar refractivity (Wildman–Crippen MR) is 91.4 cm³/mol. The molecular formula is C18H15ClN2O2. The molecule has 0 saturated heterocycles. The molecule has 2 aromatic rings. The summed E-state index contributed by atoms with van der Waals surface area (Å²) >= 11 is 5.89. The van der Waals surface area contributed by atoms with Crippen LogP contribution < -0.4 is 10.1 Å². The number of methoxy groups -OCH3 is 1. The number of amides is 1. The number of benzene rings is 2. The molecule has 0 saturated carbocycles. The normalized spacial score (nSPS) is 10.8. The Labute approximate surface area is 140 Å². The maximum atomic E-state index is 12.3. The second-order valence-corrected chi connectivity index (χ2v) is 5.30. The van der Waals surface area contributed by atoms with E-state index >= 15 is 0 Å². The molecule has 1 N–H and O–H groups in total. The maximum Gasteiger partial charge on any atom is 0.266 e. The van der Waals surface area contributed by atoms with Gasteiger partial charge in [0.05, 0.1) is 7.11 Å². The van der Waals surface area contributed by atoms with Crippen molar-refractivity contribution < 1.29 is 9.53 Å². The fourth-order valence-electron chi connectivity index (χ4n) is 2.00. The molecule has 0 fully saturated rings. The van der Waals surface area contributed by atoms with E-state index in [1.807, 2.05) is 13.0 Å². The van der Waals surface area contributed by atoms with E-state index < -0.39 is 5.91 Å². The smallest absolute Gasteiger partial charge is 0.266 e. The third-order valence-electron chi connectivity index (χ3n) is 3.21. The highest BCUT2D eigenvalue weighted by molar-refractivity contribution is 6.30. The van der Waals surface area contributed by atoms with Crippen molar-refractivity contribution in [3.63, 3.8) is 0 Å². The Balaban J connectivity index is 2.24. The summed E-state index contributed by atoms with van der Waals surface area (Å²) in [4.78, 5) is 12.3. The highest BCUT2D eigenvalue weighted by Crippen LogP contribution is 2.21. The van der Waals surface area contributed by atoms with Crippen LogP contribution in [0.3, 0.4) is 0 Å². The van der Waals surface area contributed by atoms with Gasteiger partial charge in [-0.2, -0.15) is 5.26 Å². The molecule has 116 valence electrons.